The van der Waals surface area contributed by atoms with Gasteiger partial charge in [-0.2, -0.15) is 0 Å². The highest BCUT2D eigenvalue weighted by molar-refractivity contribution is 5.85. The normalized spacial score (nSPS) is 16.0. The highest BCUT2D eigenvalue weighted by atomic mass is 35.5. The minimum absolute atomic E-state index is 0. The number of aromatic nitrogens is 2. The summed E-state index contributed by atoms with van der Waals surface area (Å²) in [4.78, 5) is 16.5. The summed E-state index contributed by atoms with van der Waals surface area (Å²) in [5.41, 5.74) is 7.94. The lowest BCUT2D eigenvalue weighted by molar-refractivity contribution is -0.124. The molecule has 0 atom stereocenters. The Morgan fingerprint density at radius 1 is 1.25 bits per heavy atom. The minimum Gasteiger partial charge on any atom is -0.352 e. The first kappa shape index (κ1) is 20.7. The number of nitrogens with one attached hydrogen (secondary N) is 1. The zero-order chi connectivity index (χ0) is 15.4. The van der Waals surface area contributed by atoms with Crippen LogP contribution in [0.15, 0.2) is 30.7 Å². The van der Waals surface area contributed by atoms with Crippen LogP contribution in [0.5, 0.6) is 0 Å². The zero-order valence-electron chi connectivity index (χ0n) is 13.7. The lowest BCUT2D eigenvalue weighted by Gasteiger charge is -2.35. The van der Waals surface area contributed by atoms with E-state index in [9.17, 15) is 4.79 Å². The highest BCUT2D eigenvalue weighted by Gasteiger charge is 2.32. The molecule has 7 heteroatoms. The van der Waals surface area contributed by atoms with E-state index in [1.165, 1.54) is 19.3 Å². The first-order valence-corrected chi connectivity index (χ1v) is 8.09. The van der Waals surface area contributed by atoms with Crippen molar-refractivity contribution in [2.75, 3.05) is 6.54 Å². The second-order valence-corrected chi connectivity index (χ2v) is 6.45. The number of imidazole rings is 1. The molecule has 5 nitrogen and oxygen atoms in total. The van der Waals surface area contributed by atoms with Gasteiger partial charge in [-0.05, 0) is 42.5 Å². The van der Waals surface area contributed by atoms with Gasteiger partial charge in [0.05, 0.1) is 0 Å². The molecule has 3 rings (SSSR count). The average Bonchev–Trinajstić information content (AvgIpc) is 3.01. The Morgan fingerprint density at radius 3 is 2.71 bits per heavy atom. The van der Waals surface area contributed by atoms with Crippen LogP contribution in [0.25, 0.3) is 5.65 Å². The molecular formula is C17H26Cl2N4O. The Bertz CT molecular complexity index is 653. The number of nitrogens with zero attached hydrogens (tertiary/aromatic N) is 2. The van der Waals surface area contributed by atoms with Gasteiger partial charge in [-0.1, -0.05) is 19.3 Å². The lowest BCUT2D eigenvalue weighted by atomic mass is 9.71. The van der Waals surface area contributed by atoms with Gasteiger partial charge < -0.3 is 15.5 Å². The molecule has 2 heterocycles. The molecule has 1 aliphatic carbocycles. The van der Waals surface area contributed by atoms with Crippen molar-refractivity contribution in [2.45, 2.75) is 45.1 Å². The van der Waals surface area contributed by atoms with E-state index in [0.717, 1.165) is 24.1 Å². The molecule has 2 aromatic heterocycles. The number of nitrogens with two attached hydrogens (primary N) is 1. The van der Waals surface area contributed by atoms with Crippen LogP contribution in [0.4, 0.5) is 0 Å². The van der Waals surface area contributed by atoms with Crippen molar-refractivity contribution < 1.29 is 4.79 Å². The van der Waals surface area contributed by atoms with Crippen molar-refractivity contribution in [3.05, 3.63) is 36.3 Å². The van der Waals surface area contributed by atoms with Gasteiger partial charge in [0.15, 0.2) is 0 Å². The number of hydrogen-bond acceptors (Lipinski definition) is 3. The summed E-state index contributed by atoms with van der Waals surface area (Å²) >= 11 is 0. The van der Waals surface area contributed by atoms with Crippen LogP contribution >= 0.6 is 24.8 Å². The summed E-state index contributed by atoms with van der Waals surface area (Å²) < 4.78 is 1.96. The van der Waals surface area contributed by atoms with E-state index in [4.69, 9.17) is 5.73 Å². The molecule has 1 fully saturated rings. The molecule has 1 aliphatic rings. The van der Waals surface area contributed by atoms with Gasteiger partial charge in [0, 0.05) is 31.6 Å². The van der Waals surface area contributed by atoms with Gasteiger partial charge in [-0.15, -0.1) is 24.8 Å². The summed E-state index contributed by atoms with van der Waals surface area (Å²) in [6, 6.07) is 4.01. The number of rotatable bonds is 5. The summed E-state index contributed by atoms with van der Waals surface area (Å²) in [6.45, 7) is 1.16. The van der Waals surface area contributed by atoms with E-state index in [-0.39, 0.29) is 36.1 Å². The fourth-order valence-electron chi connectivity index (χ4n) is 3.42. The van der Waals surface area contributed by atoms with Gasteiger partial charge in [0.2, 0.25) is 5.91 Å². The Kier molecular flexibility index (Phi) is 8.00. The van der Waals surface area contributed by atoms with Gasteiger partial charge in [0.25, 0.3) is 0 Å². The van der Waals surface area contributed by atoms with Gasteiger partial charge in [-0.25, -0.2) is 4.98 Å². The lowest BCUT2D eigenvalue weighted by Crippen LogP contribution is -2.38. The van der Waals surface area contributed by atoms with Gasteiger partial charge in [-0.3, -0.25) is 4.79 Å². The third-order valence-corrected chi connectivity index (χ3v) is 4.83. The van der Waals surface area contributed by atoms with Crippen LogP contribution in [0, 0.1) is 5.41 Å². The Hall–Kier alpha value is -1.30. The Labute approximate surface area is 155 Å². The smallest absolute Gasteiger partial charge is 0.220 e. The fourth-order valence-corrected chi connectivity index (χ4v) is 3.42. The maximum absolute atomic E-state index is 12.3. The predicted octanol–water partition coefficient (Wildman–Crippen LogP) is 3.09. The van der Waals surface area contributed by atoms with Crippen LogP contribution in [0.2, 0.25) is 0 Å². The number of amides is 1. The quantitative estimate of drug-likeness (QED) is 0.846. The molecular weight excluding hydrogens is 347 g/mol. The minimum atomic E-state index is 0. The molecule has 0 bridgehead atoms. The molecule has 134 valence electrons. The number of hydrogen-bond donors (Lipinski definition) is 2. The van der Waals surface area contributed by atoms with Crippen molar-refractivity contribution >= 4 is 36.4 Å². The Balaban J connectivity index is 0.00000144. The zero-order valence-corrected chi connectivity index (χ0v) is 15.4. The molecule has 2 aromatic rings. The molecule has 0 radical (unpaired) electrons. The first-order chi connectivity index (χ1) is 10.7. The summed E-state index contributed by atoms with van der Waals surface area (Å²) in [7, 11) is 0. The summed E-state index contributed by atoms with van der Waals surface area (Å²) in [6.07, 6.45) is 12.0. The molecule has 0 unspecified atom stereocenters. The van der Waals surface area contributed by atoms with Crippen LogP contribution in [-0.2, 0) is 11.3 Å². The van der Waals surface area contributed by atoms with E-state index in [2.05, 4.69) is 10.3 Å². The number of halogens is 2. The SMILES string of the molecule is Cl.Cl.NCC1(CC(=O)NCc2ccn3ccnc3c2)CCCCC1. The van der Waals surface area contributed by atoms with Crippen molar-refractivity contribution in [1.82, 2.24) is 14.7 Å². The molecule has 3 N–H and O–H groups in total. The number of carbonyl (C=O) groups is 1. The maximum Gasteiger partial charge on any atom is 0.220 e. The third-order valence-electron chi connectivity index (χ3n) is 4.83. The van der Waals surface area contributed by atoms with E-state index in [1.807, 2.05) is 28.9 Å². The van der Waals surface area contributed by atoms with Gasteiger partial charge in [0.1, 0.15) is 5.65 Å². The molecule has 1 amide bonds. The number of pyridine rings is 1. The standard InChI is InChI=1S/C17H24N4O.2ClH/c18-13-17(5-2-1-3-6-17)11-16(22)20-12-14-4-8-21-9-7-19-15(21)10-14;;/h4,7-10H,1-3,5-6,11-13,18H2,(H,20,22);2*1H. The Morgan fingerprint density at radius 2 is 2.00 bits per heavy atom. The largest absolute Gasteiger partial charge is 0.352 e. The van der Waals surface area contributed by atoms with Gasteiger partial charge >= 0.3 is 0 Å². The van der Waals surface area contributed by atoms with Crippen LogP contribution < -0.4 is 11.1 Å². The van der Waals surface area contributed by atoms with Crippen molar-refractivity contribution in [2.24, 2.45) is 11.1 Å². The van der Waals surface area contributed by atoms with E-state index >= 15 is 0 Å². The fraction of sp³-hybridized carbons (Fsp3) is 0.529. The second-order valence-electron chi connectivity index (χ2n) is 6.45. The van der Waals surface area contributed by atoms with E-state index < -0.39 is 0 Å². The predicted molar refractivity (Wildman–Crippen MR) is 101 cm³/mol. The first-order valence-electron chi connectivity index (χ1n) is 8.09. The molecule has 0 saturated heterocycles. The number of fused-ring (bicyclic) bond motifs is 1. The van der Waals surface area contributed by atoms with Crippen LogP contribution in [-0.4, -0.2) is 21.8 Å². The highest BCUT2D eigenvalue weighted by Crippen LogP contribution is 2.38. The molecule has 24 heavy (non-hydrogen) atoms. The van der Waals surface area contributed by atoms with Crippen LogP contribution in [0.1, 0.15) is 44.1 Å². The molecule has 0 aliphatic heterocycles. The summed E-state index contributed by atoms with van der Waals surface area (Å²) in [5.74, 6) is 0.107. The topological polar surface area (TPSA) is 72.4 Å². The molecule has 1 saturated carbocycles. The molecule has 0 spiro atoms. The van der Waals surface area contributed by atoms with E-state index in [1.54, 1.807) is 6.20 Å². The number of carbonyl (C=O) groups excluding carboxylic acids is 1. The average molecular weight is 373 g/mol. The third kappa shape index (κ3) is 4.85. The second kappa shape index (κ2) is 9.25. The maximum atomic E-state index is 12.3. The monoisotopic (exact) mass is 372 g/mol. The summed E-state index contributed by atoms with van der Waals surface area (Å²) in [5, 5.41) is 3.03. The molecule has 0 aromatic carbocycles. The van der Waals surface area contributed by atoms with Crippen molar-refractivity contribution in [3.8, 4) is 0 Å². The van der Waals surface area contributed by atoms with Crippen LogP contribution in [0.3, 0.4) is 0 Å². The van der Waals surface area contributed by atoms with E-state index in [0.29, 0.717) is 19.5 Å². The van der Waals surface area contributed by atoms with Crippen molar-refractivity contribution in [3.63, 3.8) is 0 Å². The van der Waals surface area contributed by atoms with Crippen molar-refractivity contribution in [1.29, 1.82) is 0 Å².